The van der Waals surface area contributed by atoms with Gasteiger partial charge in [-0.3, -0.25) is 0 Å². The number of benzene rings is 1. The Morgan fingerprint density at radius 3 is 2.62 bits per heavy atom. The Bertz CT molecular complexity index is 353. The Kier molecular flexibility index (Phi) is 3.67. The SMILES string of the molecule is CC1(C)COC(Cc2cccc(Br)c2)OC1. The van der Waals surface area contributed by atoms with Gasteiger partial charge >= 0.3 is 0 Å². The Hall–Kier alpha value is -0.380. The van der Waals surface area contributed by atoms with Crippen LogP contribution >= 0.6 is 15.9 Å². The van der Waals surface area contributed by atoms with Gasteiger partial charge in [-0.25, -0.2) is 0 Å². The van der Waals surface area contributed by atoms with Gasteiger partial charge in [-0.05, 0) is 17.7 Å². The van der Waals surface area contributed by atoms with Crippen LogP contribution in [0.15, 0.2) is 28.7 Å². The molecule has 0 radical (unpaired) electrons. The van der Waals surface area contributed by atoms with Gasteiger partial charge in [0, 0.05) is 16.3 Å². The molecule has 0 unspecified atom stereocenters. The van der Waals surface area contributed by atoms with Crippen LogP contribution in [0.5, 0.6) is 0 Å². The van der Waals surface area contributed by atoms with E-state index in [2.05, 4.69) is 41.9 Å². The van der Waals surface area contributed by atoms with E-state index >= 15 is 0 Å². The van der Waals surface area contributed by atoms with Crippen molar-refractivity contribution in [3.8, 4) is 0 Å². The lowest BCUT2D eigenvalue weighted by molar-refractivity contribution is -0.220. The zero-order valence-electron chi connectivity index (χ0n) is 9.70. The molecule has 1 aliphatic rings. The fourth-order valence-corrected chi connectivity index (χ4v) is 2.15. The third-order valence-electron chi connectivity index (χ3n) is 2.61. The van der Waals surface area contributed by atoms with Gasteiger partial charge in [0.2, 0.25) is 0 Å². The van der Waals surface area contributed by atoms with Crippen molar-refractivity contribution in [2.45, 2.75) is 26.6 Å². The fourth-order valence-electron chi connectivity index (χ4n) is 1.70. The number of ether oxygens (including phenoxy) is 2. The quantitative estimate of drug-likeness (QED) is 0.829. The molecule has 1 aliphatic heterocycles. The summed E-state index contributed by atoms with van der Waals surface area (Å²) >= 11 is 3.46. The van der Waals surface area contributed by atoms with Crippen molar-refractivity contribution in [1.29, 1.82) is 0 Å². The predicted molar refractivity (Wildman–Crippen MR) is 67.3 cm³/mol. The van der Waals surface area contributed by atoms with Gasteiger partial charge in [-0.15, -0.1) is 0 Å². The topological polar surface area (TPSA) is 18.5 Å². The summed E-state index contributed by atoms with van der Waals surface area (Å²) in [6.45, 7) is 5.85. The van der Waals surface area contributed by atoms with E-state index in [4.69, 9.17) is 9.47 Å². The molecule has 1 saturated heterocycles. The highest BCUT2D eigenvalue weighted by Crippen LogP contribution is 2.24. The van der Waals surface area contributed by atoms with Crippen molar-refractivity contribution < 1.29 is 9.47 Å². The Labute approximate surface area is 105 Å². The first-order valence-corrected chi connectivity index (χ1v) is 6.32. The summed E-state index contributed by atoms with van der Waals surface area (Å²) in [5, 5.41) is 0. The van der Waals surface area contributed by atoms with E-state index < -0.39 is 0 Å². The molecule has 0 aliphatic carbocycles. The van der Waals surface area contributed by atoms with Gasteiger partial charge in [-0.2, -0.15) is 0 Å². The predicted octanol–water partition coefficient (Wildman–Crippen LogP) is 3.39. The molecule has 1 heterocycles. The van der Waals surface area contributed by atoms with Crippen LogP contribution in [0.4, 0.5) is 0 Å². The maximum Gasteiger partial charge on any atom is 0.161 e. The van der Waals surface area contributed by atoms with Crippen LogP contribution in [0.2, 0.25) is 0 Å². The van der Waals surface area contributed by atoms with Gasteiger partial charge < -0.3 is 9.47 Å². The molecule has 0 spiro atoms. The average molecular weight is 285 g/mol. The van der Waals surface area contributed by atoms with E-state index in [1.54, 1.807) is 0 Å². The van der Waals surface area contributed by atoms with Crippen molar-refractivity contribution in [2.24, 2.45) is 5.41 Å². The summed E-state index contributed by atoms with van der Waals surface area (Å²) in [5.74, 6) is 0. The van der Waals surface area contributed by atoms with E-state index in [1.807, 2.05) is 12.1 Å². The maximum absolute atomic E-state index is 5.70. The standard InChI is InChI=1S/C13H17BrO2/c1-13(2)8-15-12(16-9-13)7-10-4-3-5-11(14)6-10/h3-6,12H,7-9H2,1-2H3. The van der Waals surface area contributed by atoms with Crippen LogP contribution in [-0.4, -0.2) is 19.5 Å². The molecular weight excluding hydrogens is 268 g/mol. The molecule has 3 heteroatoms. The molecule has 0 amide bonds. The molecule has 0 atom stereocenters. The summed E-state index contributed by atoms with van der Waals surface area (Å²) in [6.07, 6.45) is 0.720. The smallest absolute Gasteiger partial charge is 0.161 e. The Morgan fingerprint density at radius 2 is 2.00 bits per heavy atom. The summed E-state index contributed by atoms with van der Waals surface area (Å²) in [6, 6.07) is 8.26. The summed E-state index contributed by atoms with van der Waals surface area (Å²) < 4.78 is 12.5. The minimum atomic E-state index is -0.0951. The number of hydrogen-bond acceptors (Lipinski definition) is 2. The molecule has 16 heavy (non-hydrogen) atoms. The number of halogens is 1. The zero-order valence-corrected chi connectivity index (χ0v) is 11.3. The second kappa shape index (κ2) is 4.86. The first kappa shape index (κ1) is 12.1. The van der Waals surface area contributed by atoms with E-state index in [-0.39, 0.29) is 11.7 Å². The van der Waals surface area contributed by atoms with Gasteiger partial charge in [-0.1, -0.05) is 41.9 Å². The lowest BCUT2D eigenvalue weighted by Gasteiger charge is -2.34. The molecule has 88 valence electrons. The summed E-state index contributed by atoms with van der Waals surface area (Å²) in [4.78, 5) is 0. The van der Waals surface area contributed by atoms with E-state index in [9.17, 15) is 0 Å². The van der Waals surface area contributed by atoms with Crippen LogP contribution in [0.25, 0.3) is 0 Å². The summed E-state index contributed by atoms with van der Waals surface area (Å²) in [7, 11) is 0. The van der Waals surface area contributed by atoms with Crippen molar-refractivity contribution in [3.05, 3.63) is 34.3 Å². The van der Waals surface area contributed by atoms with E-state index in [0.717, 1.165) is 24.1 Å². The molecule has 0 bridgehead atoms. The number of rotatable bonds is 2. The molecule has 2 rings (SSSR count). The van der Waals surface area contributed by atoms with Crippen molar-refractivity contribution in [3.63, 3.8) is 0 Å². The van der Waals surface area contributed by atoms with Gasteiger partial charge in [0.1, 0.15) is 0 Å². The molecule has 0 saturated carbocycles. The first-order chi connectivity index (χ1) is 7.55. The Morgan fingerprint density at radius 1 is 1.31 bits per heavy atom. The third kappa shape index (κ3) is 3.30. The van der Waals surface area contributed by atoms with Crippen LogP contribution in [-0.2, 0) is 15.9 Å². The summed E-state index contributed by atoms with van der Waals surface area (Å²) in [5.41, 5.74) is 1.38. The highest BCUT2D eigenvalue weighted by Gasteiger charge is 2.28. The van der Waals surface area contributed by atoms with Crippen LogP contribution in [0, 0.1) is 5.41 Å². The lowest BCUT2D eigenvalue weighted by atomic mass is 9.95. The minimum absolute atomic E-state index is 0.0951. The molecule has 0 aromatic heterocycles. The molecule has 2 nitrogen and oxygen atoms in total. The zero-order chi connectivity index (χ0) is 11.6. The van der Waals surface area contributed by atoms with Gasteiger partial charge in [0.25, 0.3) is 0 Å². The number of hydrogen-bond donors (Lipinski definition) is 0. The first-order valence-electron chi connectivity index (χ1n) is 5.53. The maximum atomic E-state index is 5.70. The largest absolute Gasteiger partial charge is 0.352 e. The second-order valence-electron chi connectivity index (χ2n) is 5.05. The monoisotopic (exact) mass is 284 g/mol. The fraction of sp³-hybridized carbons (Fsp3) is 0.538. The molecule has 1 aromatic carbocycles. The van der Waals surface area contributed by atoms with Gasteiger partial charge in [0.15, 0.2) is 6.29 Å². The normalized spacial score (nSPS) is 20.9. The van der Waals surface area contributed by atoms with E-state index in [0.29, 0.717) is 0 Å². The van der Waals surface area contributed by atoms with Crippen molar-refractivity contribution >= 4 is 15.9 Å². The van der Waals surface area contributed by atoms with Crippen molar-refractivity contribution in [1.82, 2.24) is 0 Å². The molecule has 1 aromatic rings. The van der Waals surface area contributed by atoms with Crippen LogP contribution in [0.1, 0.15) is 19.4 Å². The van der Waals surface area contributed by atoms with Gasteiger partial charge in [0.05, 0.1) is 13.2 Å². The van der Waals surface area contributed by atoms with Crippen LogP contribution in [0.3, 0.4) is 0 Å². The van der Waals surface area contributed by atoms with Crippen LogP contribution < -0.4 is 0 Å². The van der Waals surface area contributed by atoms with Crippen molar-refractivity contribution in [2.75, 3.05) is 13.2 Å². The second-order valence-corrected chi connectivity index (χ2v) is 5.97. The molecule has 1 fully saturated rings. The molecule has 0 N–H and O–H groups in total. The highest BCUT2D eigenvalue weighted by atomic mass is 79.9. The minimum Gasteiger partial charge on any atom is -0.352 e. The Balaban J connectivity index is 1.92. The lowest BCUT2D eigenvalue weighted by Crippen LogP contribution is -2.38. The third-order valence-corrected chi connectivity index (χ3v) is 3.10. The average Bonchev–Trinajstić information content (AvgIpc) is 2.21. The highest BCUT2D eigenvalue weighted by molar-refractivity contribution is 9.10. The van der Waals surface area contributed by atoms with E-state index in [1.165, 1.54) is 5.56 Å². The molecular formula is C13H17BrO2.